The number of fused-ring (bicyclic) bond motifs is 2. The number of pyridine rings is 1. The predicted molar refractivity (Wildman–Crippen MR) is 218 cm³/mol. The van der Waals surface area contributed by atoms with E-state index >= 15 is 0 Å². The summed E-state index contributed by atoms with van der Waals surface area (Å²) >= 11 is 0. The molecule has 6 nitrogen and oxygen atoms in total. The van der Waals surface area contributed by atoms with Crippen molar-refractivity contribution in [1.82, 2.24) is 9.55 Å². The van der Waals surface area contributed by atoms with E-state index in [0.29, 0.717) is 17.2 Å². The van der Waals surface area contributed by atoms with Gasteiger partial charge in [-0.25, -0.2) is 4.98 Å². The molecule has 0 amide bonds. The third-order valence-corrected chi connectivity index (χ3v) is 9.76. The Kier molecular flexibility index (Phi) is 9.52. The minimum atomic E-state index is -0.397. The topological polar surface area (TPSA) is 43.4 Å². The molecule has 0 fully saturated rings. The third kappa shape index (κ3) is 6.46. The molecule has 0 bridgehead atoms. The van der Waals surface area contributed by atoms with Crippen LogP contribution in [0, 0.1) is 18.5 Å². The van der Waals surface area contributed by atoms with Gasteiger partial charge in [-0.15, -0.1) is 30.3 Å². The molecular weight excluding hydrogens is 870 g/mol. The minimum Gasteiger partial charge on any atom is -0.599 e. The van der Waals surface area contributed by atoms with Crippen LogP contribution in [0.1, 0.15) is 0 Å². The average Bonchev–Trinajstić information content (AvgIpc) is 3.84. The first kappa shape index (κ1) is 35.0. The fraction of sp³-hybridized carbons (Fsp3) is 0. The predicted octanol–water partition coefficient (Wildman–Crippen LogP) is 9.75. The molecule has 0 saturated heterocycles. The molecule has 1 aliphatic heterocycles. The number of ether oxygens (including phenoxy) is 1. The van der Waals surface area contributed by atoms with Crippen LogP contribution in [0.4, 0.5) is 11.5 Å². The number of nitrogens with zero attached hydrogens (tertiary/aromatic N) is 4. The zero-order valence-corrected chi connectivity index (χ0v) is 32.2. The summed E-state index contributed by atoms with van der Waals surface area (Å²) in [6, 6.07) is 68.6. The van der Waals surface area contributed by atoms with E-state index in [-0.39, 0.29) is 21.1 Å². The van der Waals surface area contributed by atoms with Gasteiger partial charge in [0.2, 0.25) is 0 Å². The van der Waals surface area contributed by atoms with E-state index in [2.05, 4.69) is 131 Å². The summed E-state index contributed by atoms with van der Waals surface area (Å²) in [5.74, 6) is 2.54. The maximum atomic E-state index is 6.50. The van der Waals surface area contributed by atoms with Crippen molar-refractivity contribution in [2.24, 2.45) is 0 Å². The molecule has 7 aromatic carbocycles. The number of aromatic nitrogens is 3. The molecule has 270 valence electrons. The summed E-state index contributed by atoms with van der Waals surface area (Å²) in [4.78, 5) is 6.71. The third-order valence-electron chi connectivity index (χ3n) is 9.76. The summed E-state index contributed by atoms with van der Waals surface area (Å²) < 4.78 is 17.2. The van der Waals surface area contributed by atoms with Gasteiger partial charge in [0.15, 0.2) is 0 Å². The molecule has 0 saturated carbocycles. The zero-order valence-electron chi connectivity index (χ0n) is 29.9. The van der Waals surface area contributed by atoms with Gasteiger partial charge in [0.05, 0.1) is 16.7 Å². The fourth-order valence-corrected chi connectivity index (χ4v) is 7.27. The summed E-state index contributed by atoms with van der Waals surface area (Å²) in [6.07, 6.45) is 5.50. The molecule has 10 rings (SSSR count). The van der Waals surface area contributed by atoms with E-state index in [1.54, 1.807) is 6.20 Å². The van der Waals surface area contributed by atoms with E-state index in [4.69, 9.17) is 9.39 Å². The van der Waals surface area contributed by atoms with Crippen LogP contribution in [0.5, 0.6) is 17.2 Å². The van der Waals surface area contributed by atoms with Gasteiger partial charge in [0.25, 0.3) is 6.33 Å². The molecular formula is C48H31BN4O2Pt-2. The monoisotopic (exact) mass is 901 g/mol. The second kappa shape index (κ2) is 15.2. The fourth-order valence-electron chi connectivity index (χ4n) is 7.27. The molecule has 8 heteroatoms. The molecule has 3 heterocycles. The van der Waals surface area contributed by atoms with Crippen molar-refractivity contribution in [3.63, 3.8) is 0 Å². The molecule has 56 heavy (non-hydrogen) atoms. The Hall–Kier alpha value is -6.69. The maximum Gasteiger partial charge on any atom is 0.511 e. The van der Waals surface area contributed by atoms with E-state index in [1.165, 1.54) is 0 Å². The SMILES string of the molecule is [Pt].[c-]1c(Oc2[c-]c3c(cc2)OB(c2ccccc2)N3c2ccccn2)cccc1-n1[c-][n+](-c2c(-c3ccccc3)cccc2-c2ccccc2)c2ccccc21. The van der Waals surface area contributed by atoms with Crippen LogP contribution in [0.15, 0.2) is 188 Å². The standard InChI is InChI=1S/C48H31BN4O2.Pt/c1-4-16-35(17-5-1)41-24-15-25-42(36-18-6-2-7-19-36)48(41)52-34-51(43-26-10-11-27-44(43)52)38-22-14-23-39(32-38)54-40-29-30-46-45(33-40)53(47-28-12-13-31-50-47)49(55-46)37-20-8-3-9-21-37;/h1-31H;/q-2;. The van der Waals surface area contributed by atoms with Gasteiger partial charge < -0.3 is 18.8 Å². The summed E-state index contributed by atoms with van der Waals surface area (Å²) in [6.45, 7) is 0. The van der Waals surface area contributed by atoms with Gasteiger partial charge in [-0.3, -0.25) is 4.57 Å². The van der Waals surface area contributed by atoms with Crippen LogP contribution in [-0.4, -0.2) is 16.6 Å². The minimum absolute atomic E-state index is 0. The van der Waals surface area contributed by atoms with Crippen LogP contribution >= 0.6 is 0 Å². The first-order valence-electron chi connectivity index (χ1n) is 18.2. The quantitative estimate of drug-likeness (QED) is 0.0867. The van der Waals surface area contributed by atoms with E-state index in [1.807, 2.05) is 88.2 Å². The number of para-hydroxylation sites is 3. The van der Waals surface area contributed by atoms with Crippen molar-refractivity contribution >= 4 is 35.1 Å². The normalized spacial score (nSPS) is 11.9. The van der Waals surface area contributed by atoms with Gasteiger partial charge in [0, 0.05) is 44.5 Å². The van der Waals surface area contributed by atoms with Gasteiger partial charge in [-0.05, 0) is 51.2 Å². The van der Waals surface area contributed by atoms with Gasteiger partial charge in [-0.1, -0.05) is 140 Å². The van der Waals surface area contributed by atoms with Crippen molar-refractivity contribution in [1.29, 1.82) is 0 Å². The molecule has 0 aliphatic carbocycles. The molecule has 0 atom stereocenters. The second-order valence-electron chi connectivity index (χ2n) is 13.2. The Morgan fingerprint density at radius 1 is 0.589 bits per heavy atom. The smallest absolute Gasteiger partial charge is 0.511 e. The number of imidazole rings is 1. The summed E-state index contributed by atoms with van der Waals surface area (Å²) in [7, 11) is -0.397. The van der Waals surface area contributed by atoms with Crippen molar-refractivity contribution in [2.45, 2.75) is 0 Å². The molecule has 2 aromatic heterocycles. The van der Waals surface area contributed by atoms with Crippen molar-refractivity contribution in [2.75, 3.05) is 4.81 Å². The molecule has 1 aliphatic rings. The van der Waals surface area contributed by atoms with Crippen LogP contribution < -0.4 is 24.2 Å². The molecule has 0 spiro atoms. The number of hydrogen-bond acceptors (Lipinski definition) is 4. The Morgan fingerprint density at radius 3 is 1.95 bits per heavy atom. The Bertz CT molecular complexity index is 2730. The van der Waals surface area contributed by atoms with Gasteiger partial charge >= 0.3 is 7.05 Å². The van der Waals surface area contributed by atoms with E-state index < -0.39 is 7.05 Å². The van der Waals surface area contributed by atoms with Gasteiger partial charge in [-0.2, -0.15) is 12.1 Å². The Labute approximate surface area is 340 Å². The maximum absolute atomic E-state index is 6.50. The summed E-state index contributed by atoms with van der Waals surface area (Å²) in [5, 5.41) is 0. The number of hydrogen-bond donors (Lipinski definition) is 0. The van der Waals surface area contributed by atoms with Crippen molar-refractivity contribution < 1.29 is 35.0 Å². The zero-order chi connectivity index (χ0) is 36.6. The summed E-state index contributed by atoms with van der Waals surface area (Å²) in [5.41, 5.74) is 10.1. The number of rotatable bonds is 8. The Balaban J connectivity index is 0.00000410. The van der Waals surface area contributed by atoms with Crippen LogP contribution in [0.3, 0.4) is 0 Å². The molecule has 0 radical (unpaired) electrons. The van der Waals surface area contributed by atoms with Crippen LogP contribution in [0.25, 0.3) is 44.7 Å². The van der Waals surface area contributed by atoms with E-state index in [9.17, 15) is 0 Å². The first-order chi connectivity index (χ1) is 27.3. The number of anilines is 2. The molecule has 0 unspecified atom stereocenters. The van der Waals surface area contributed by atoms with Crippen LogP contribution in [-0.2, 0) is 21.1 Å². The molecule has 9 aromatic rings. The van der Waals surface area contributed by atoms with Gasteiger partial charge in [0.1, 0.15) is 5.82 Å². The average molecular weight is 902 g/mol. The van der Waals surface area contributed by atoms with Crippen molar-refractivity contribution in [3.05, 3.63) is 207 Å². The molecule has 0 N–H and O–H groups in total. The van der Waals surface area contributed by atoms with Crippen molar-refractivity contribution in [3.8, 4) is 50.9 Å². The van der Waals surface area contributed by atoms with Crippen LogP contribution in [0.2, 0.25) is 0 Å². The Morgan fingerprint density at radius 2 is 1.23 bits per heavy atom. The second-order valence-corrected chi connectivity index (χ2v) is 13.2. The van der Waals surface area contributed by atoms with E-state index in [0.717, 1.165) is 61.6 Å². The number of benzene rings is 7. The first-order valence-corrected chi connectivity index (χ1v) is 18.2. The largest absolute Gasteiger partial charge is 0.599 e.